The Morgan fingerprint density at radius 1 is 1.00 bits per heavy atom. The van der Waals surface area contributed by atoms with Crippen molar-refractivity contribution in [3.05, 3.63) is 70.3 Å². The fraction of sp³-hybridized carbons (Fsp3) is 0.188. The maximum absolute atomic E-state index is 13.1. The molecule has 0 amide bonds. The van der Waals surface area contributed by atoms with Crippen molar-refractivity contribution in [2.45, 2.75) is 20.3 Å². The second kappa shape index (κ2) is 5.31. The van der Waals surface area contributed by atoms with Crippen LogP contribution in [0, 0.1) is 25.5 Å². The molecule has 0 bridgehead atoms. The summed E-state index contributed by atoms with van der Waals surface area (Å²) in [6.45, 7) is 3.86. The van der Waals surface area contributed by atoms with E-state index in [-0.39, 0.29) is 17.8 Å². The lowest BCUT2D eigenvalue weighted by molar-refractivity contribution is 0.0992. The highest BCUT2D eigenvalue weighted by atomic mass is 19.2. The lowest BCUT2D eigenvalue weighted by Gasteiger charge is -2.09. The molecule has 0 aromatic heterocycles. The summed E-state index contributed by atoms with van der Waals surface area (Å²) in [5.41, 5.74) is 3.19. The molecular formula is C16H14F2O. The van der Waals surface area contributed by atoms with Gasteiger partial charge in [-0.3, -0.25) is 4.79 Å². The Balaban J connectivity index is 2.28. The number of hydrogen-bond donors (Lipinski definition) is 0. The Kier molecular flexibility index (Phi) is 3.74. The molecule has 0 radical (unpaired) electrons. The summed E-state index contributed by atoms with van der Waals surface area (Å²) >= 11 is 0. The van der Waals surface area contributed by atoms with Crippen LogP contribution in [0.2, 0.25) is 0 Å². The van der Waals surface area contributed by atoms with Crippen LogP contribution in [0.1, 0.15) is 27.0 Å². The van der Waals surface area contributed by atoms with E-state index < -0.39 is 11.6 Å². The van der Waals surface area contributed by atoms with Crippen molar-refractivity contribution in [3.8, 4) is 0 Å². The Morgan fingerprint density at radius 2 is 1.63 bits per heavy atom. The Hall–Kier alpha value is -2.03. The van der Waals surface area contributed by atoms with Crippen molar-refractivity contribution in [3.63, 3.8) is 0 Å². The molecule has 0 spiro atoms. The van der Waals surface area contributed by atoms with Crippen molar-refractivity contribution < 1.29 is 13.6 Å². The molecule has 0 aliphatic carbocycles. The SMILES string of the molecule is Cc1cccc(C)c1CC(=O)c1ccc(F)c(F)c1. The van der Waals surface area contributed by atoms with Crippen LogP contribution in [0.3, 0.4) is 0 Å². The van der Waals surface area contributed by atoms with E-state index in [1.165, 1.54) is 6.07 Å². The summed E-state index contributed by atoms with van der Waals surface area (Å²) in [5.74, 6) is -2.15. The molecule has 19 heavy (non-hydrogen) atoms. The summed E-state index contributed by atoms with van der Waals surface area (Å²) in [4.78, 5) is 12.1. The van der Waals surface area contributed by atoms with Gasteiger partial charge in [-0.1, -0.05) is 18.2 Å². The van der Waals surface area contributed by atoms with Gasteiger partial charge in [-0.15, -0.1) is 0 Å². The number of aryl methyl sites for hydroxylation is 2. The molecule has 0 fully saturated rings. The van der Waals surface area contributed by atoms with Crippen LogP contribution >= 0.6 is 0 Å². The predicted octanol–water partition coefficient (Wildman–Crippen LogP) is 4.01. The van der Waals surface area contributed by atoms with Crippen molar-refractivity contribution in [1.29, 1.82) is 0 Å². The average Bonchev–Trinajstić information content (AvgIpc) is 2.37. The van der Waals surface area contributed by atoms with Crippen molar-refractivity contribution in [2.75, 3.05) is 0 Å². The van der Waals surface area contributed by atoms with Crippen molar-refractivity contribution >= 4 is 5.78 Å². The third kappa shape index (κ3) is 2.87. The maximum atomic E-state index is 13.1. The van der Waals surface area contributed by atoms with E-state index in [1.807, 2.05) is 32.0 Å². The smallest absolute Gasteiger partial charge is 0.167 e. The Labute approximate surface area is 110 Å². The van der Waals surface area contributed by atoms with E-state index >= 15 is 0 Å². The third-order valence-electron chi connectivity index (χ3n) is 3.22. The van der Waals surface area contributed by atoms with E-state index in [0.717, 1.165) is 28.8 Å². The minimum atomic E-state index is -0.993. The number of rotatable bonds is 3. The third-order valence-corrected chi connectivity index (χ3v) is 3.22. The monoisotopic (exact) mass is 260 g/mol. The first-order valence-corrected chi connectivity index (χ1v) is 6.02. The first-order valence-electron chi connectivity index (χ1n) is 6.02. The maximum Gasteiger partial charge on any atom is 0.167 e. The molecule has 0 unspecified atom stereocenters. The highest BCUT2D eigenvalue weighted by molar-refractivity contribution is 5.97. The Morgan fingerprint density at radius 3 is 2.21 bits per heavy atom. The number of hydrogen-bond acceptors (Lipinski definition) is 1. The van der Waals surface area contributed by atoms with E-state index in [0.29, 0.717) is 0 Å². The van der Waals surface area contributed by atoms with Gasteiger partial charge in [-0.05, 0) is 48.7 Å². The number of Topliss-reactive ketones (excluding diaryl/α,β-unsaturated/α-hetero) is 1. The molecule has 2 rings (SSSR count). The Bertz CT molecular complexity index is 612. The van der Waals surface area contributed by atoms with Gasteiger partial charge in [0.2, 0.25) is 0 Å². The van der Waals surface area contributed by atoms with E-state index in [9.17, 15) is 13.6 Å². The zero-order valence-corrected chi connectivity index (χ0v) is 10.8. The van der Waals surface area contributed by atoms with Crippen LogP contribution in [0.25, 0.3) is 0 Å². The molecule has 0 N–H and O–H groups in total. The van der Waals surface area contributed by atoms with Crippen LogP contribution in [0.4, 0.5) is 8.78 Å². The normalized spacial score (nSPS) is 10.5. The highest BCUT2D eigenvalue weighted by Gasteiger charge is 2.13. The summed E-state index contributed by atoms with van der Waals surface area (Å²) in [5, 5.41) is 0. The fourth-order valence-corrected chi connectivity index (χ4v) is 2.06. The fourth-order valence-electron chi connectivity index (χ4n) is 2.06. The molecule has 0 atom stereocenters. The lowest BCUT2D eigenvalue weighted by Crippen LogP contribution is -2.07. The van der Waals surface area contributed by atoms with Crippen LogP contribution in [0.15, 0.2) is 36.4 Å². The molecule has 2 aromatic carbocycles. The number of halogens is 2. The standard InChI is InChI=1S/C16H14F2O/c1-10-4-3-5-11(2)13(10)9-16(19)12-6-7-14(17)15(18)8-12/h3-8H,9H2,1-2H3. The van der Waals surface area contributed by atoms with Crippen molar-refractivity contribution in [1.82, 2.24) is 0 Å². The minimum absolute atomic E-state index is 0.196. The summed E-state index contributed by atoms with van der Waals surface area (Å²) in [6.07, 6.45) is 0.198. The van der Waals surface area contributed by atoms with Gasteiger partial charge in [0.1, 0.15) is 0 Å². The van der Waals surface area contributed by atoms with E-state index in [4.69, 9.17) is 0 Å². The molecule has 2 aromatic rings. The first-order chi connectivity index (χ1) is 8.99. The second-order valence-corrected chi connectivity index (χ2v) is 4.60. The van der Waals surface area contributed by atoms with Gasteiger partial charge in [0.15, 0.2) is 17.4 Å². The van der Waals surface area contributed by atoms with Gasteiger partial charge in [-0.2, -0.15) is 0 Å². The van der Waals surface area contributed by atoms with E-state index in [2.05, 4.69) is 0 Å². The molecule has 0 saturated carbocycles. The zero-order chi connectivity index (χ0) is 14.0. The van der Waals surface area contributed by atoms with Gasteiger partial charge in [0, 0.05) is 12.0 Å². The molecule has 1 nitrogen and oxygen atoms in total. The van der Waals surface area contributed by atoms with Crippen LogP contribution in [-0.4, -0.2) is 5.78 Å². The minimum Gasteiger partial charge on any atom is -0.294 e. The molecule has 0 saturated heterocycles. The van der Waals surface area contributed by atoms with Gasteiger partial charge in [-0.25, -0.2) is 8.78 Å². The number of benzene rings is 2. The van der Waals surface area contributed by atoms with Crippen molar-refractivity contribution in [2.24, 2.45) is 0 Å². The highest BCUT2D eigenvalue weighted by Crippen LogP contribution is 2.17. The number of carbonyl (C=O) groups is 1. The van der Waals surface area contributed by atoms with Crippen LogP contribution in [-0.2, 0) is 6.42 Å². The van der Waals surface area contributed by atoms with Gasteiger partial charge >= 0.3 is 0 Å². The second-order valence-electron chi connectivity index (χ2n) is 4.60. The summed E-state index contributed by atoms with van der Waals surface area (Å²) < 4.78 is 25.9. The molecular weight excluding hydrogens is 246 g/mol. The van der Waals surface area contributed by atoms with Crippen LogP contribution < -0.4 is 0 Å². The zero-order valence-electron chi connectivity index (χ0n) is 10.8. The molecule has 0 heterocycles. The van der Waals surface area contributed by atoms with Gasteiger partial charge < -0.3 is 0 Å². The molecule has 0 aliphatic rings. The topological polar surface area (TPSA) is 17.1 Å². The molecule has 0 aliphatic heterocycles. The number of ketones is 1. The van der Waals surface area contributed by atoms with Gasteiger partial charge in [0.05, 0.1) is 0 Å². The molecule has 98 valence electrons. The first kappa shape index (κ1) is 13.4. The number of carbonyl (C=O) groups excluding carboxylic acids is 1. The predicted molar refractivity (Wildman–Crippen MR) is 70.3 cm³/mol. The summed E-state index contributed by atoms with van der Waals surface area (Å²) in [7, 11) is 0. The van der Waals surface area contributed by atoms with Crippen LogP contribution in [0.5, 0.6) is 0 Å². The molecule has 3 heteroatoms. The summed E-state index contributed by atoms with van der Waals surface area (Å²) in [6, 6.07) is 9.03. The van der Waals surface area contributed by atoms with E-state index in [1.54, 1.807) is 0 Å². The largest absolute Gasteiger partial charge is 0.294 e. The lowest BCUT2D eigenvalue weighted by atomic mass is 9.95. The van der Waals surface area contributed by atoms with Gasteiger partial charge in [0.25, 0.3) is 0 Å². The quantitative estimate of drug-likeness (QED) is 0.762. The average molecular weight is 260 g/mol.